The fourth-order valence-corrected chi connectivity index (χ4v) is 1.87. The molecule has 0 amide bonds. The molecule has 2 nitrogen and oxygen atoms in total. The molecule has 16 heavy (non-hydrogen) atoms. The molecule has 1 aromatic carbocycles. The lowest BCUT2D eigenvalue weighted by molar-refractivity contribution is 0.282. The normalized spacial score (nSPS) is 12.6. The highest BCUT2D eigenvalue weighted by Crippen LogP contribution is 2.15. The molecule has 2 heteroatoms. The van der Waals surface area contributed by atoms with Gasteiger partial charge in [-0.25, -0.2) is 0 Å². The van der Waals surface area contributed by atoms with Crippen molar-refractivity contribution in [3.8, 4) is 0 Å². The SMILES string of the molecule is CCC(NCCCCCO)c1ccccc1. The molecule has 0 saturated heterocycles. The second-order valence-electron chi connectivity index (χ2n) is 4.11. The monoisotopic (exact) mass is 221 g/mol. The Kier molecular flexibility index (Phi) is 6.86. The highest BCUT2D eigenvalue weighted by atomic mass is 16.2. The van der Waals surface area contributed by atoms with Gasteiger partial charge in [0.15, 0.2) is 0 Å². The minimum absolute atomic E-state index is 0.315. The van der Waals surface area contributed by atoms with E-state index in [-0.39, 0.29) is 0 Å². The predicted molar refractivity (Wildman–Crippen MR) is 68.4 cm³/mol. The number of hydrogen-bond donors (Lipinski definition) is 2. The molecule has 0 aliphatic heterocycles. The zero-order valence-electron chi connectivity index (χ0n) is 10.2. The van der Waals surface area contributed by atoms with Crippen molar-refractivity contribution >= 4 is 0 Å². The van der Waals surface area contributed by atoms with E-state index in [0.29, 0.717) is 12.6 Å². The zero-order chi connectivity index (χ0) is 11.6. The smallest absolute Gasteiger partial charge is 0.0431 e. The molecule has 1 aromatic rings. The van der Waals surface area contributed by atoms with Crippen molar-refractivity contribution in [1.29, 1.82) is 0 Å². The Morgan fingerprint density at radius 2 is 1.88 bits per heavy atom. The van der Waals surface area contributed by atoms with Crippen molar-refractivity contribution < 1.29 is 5.11 Å². The van der Waals surface area contributed by atoms with Crippen molar-refractivity contribution in [1.82, 2.24) is 5.32 Å². The van der Waals surface area contributed by atoms with Gasteiger partial charge in [0.2, 0.25) is 0 Å². The lowest BCUT2D eigenvalue weighted by Crippen LogP contribution is -2.21. The van der Waals surface area contributed by atoms with Crippen LogP contribution in [0.15, 0.2) is 30.3 Å². The molecule has 1 rings (SSSR count). The summed E-state index contributed by atoms with van der Waals surface area (Å²) in [5.41, 5.74) is 1.37. The Morgan fingerprint density at radius 3 is 2.50 bits per heavy atom. The van der Waals surface area contributed by atoms with E-state index >= 15 is 0 Å². The summed E-state index contributed by atoms with van der Waals surface area (Å²) in [4.78, 5) is 0. The summed E-state index contributed by atoms with van der Waals surface area (Å²) < 4.78 is 0. The molecule has 0 aliphatic carbocycles. The van der Waals surface area contributed by atoms with Crippen LogP contribution >= 0.6 is 0 Å². The summed E-state index contributed by atoms with van der Waals surface area (Å²) in [7, 11) is 0. The summed E-state index contributed by atoms with van der Waals surface area (Å²) in [5, 5.41) is 12.2. The molecule has 0 saturated carbocycles. The fraction of sp³-hybridized carbons (Fsp3) is 0.571. The van der Waals surface area contributed by atoms with Crippen LogP contribution in [0, 0.1) is 0 Å². The van der Waals surface area contributed by atoms with E-state index in [1.165, 1.54) is 5.56 Å². The van der Waals surface area contributed by atoms with Crippen molar-refractivity contribution in [3.63, 3.8) is 0 Å². The maximum atomic E-state index is 8.68. The Labute approximate surface area is 98.7 Å². The van der Waals surface area contributed by atoms with Crippen molar-refractivity contribution in [2.75, 3.05) is 13.2 Å². The van der Waals surface area contributed by atoms with Gasteiger partial charge in [0.1, 0.15) is 0 Å². The number of nitrogens with one attached hydrogen (secondary N) is 1. The third-order valence-electron chi connectivity index (χ3n) is 2.84. The van der Waals surface area contributed by atoms with Crippen LogP contribution in [-0.4, -0.2) is 18.3 Å². The molecular weight excluding hydrogens is 198 g/mol. The molecule has 0 aliphatic rings. The first-order valence-corrected chi connectivity index (χ1v) is 6.27. The first-order valence-electron chi connectivity index (χ1n) is 6.27. The number of aliphatic hydroxyl groups is 1. The van der Waals surface area contributed by atoms with E-state index in [1.54, 1.807) is 0 Å². The minimum atomic E-state index is 0.315. The molecule has 0 heterocycles. The van der Waals surface area contributed by atoms with Crippen LogP contribution in [0.4, 0.5) is 0 Å². The number of benzene rings is 1. The van der Waals surface area contributed by atoms with Gasteiger partial charge in [0.25, 0.3) is 0 Å². The van der Waals surface area contributed by atoms with E-state index in [2.05, 4.69) is 42.6 Å². The first kappa shape index (κ1) is 13.2. The topological polar surface area (TPSA) is 32.3 Å². The van der Waals surface area contributed by atoms with Crippen LogP contribution in [-0.2, 0) is 0 Å². The Balaban J connectivity index is 2.27. The zero-order valence-corrected chi connectivity index (χ0v) is 10.2. The summed E-state index contributed by atoms with van der Waals surface area (Å²) in [6, 6.07) is 11.0. The standard InChI is InChI=1S/C14H23NO/c1-2-14(13-9-5-3-6-10-13)15-11-7-4-8-12-16/h3,5-6,9-10,14-16H,2,4,7-8,11-12H2,1H3. The van der Waals surface area contributed by atoms with Crippen LogP contribution < -0.4 is 5.32 Å². The van der Waals surface area contributed by atoms with Gasteiger partial charge in [-0.2, -0.15) is 0 Å². The molecule has 1 atom stereocenters. The van der Waals surface area contributed by atoms with Crippen molar-refractivity contribution in [2.45, 2.75) is 38.6 Å². The van der Waals surface area contributed by atoms with E-state index in [0.717, 1.165) is 32.2 Å². The van der Waals surface area contributed by atoms with Crippen LogP contribution in [0.1, 0.15) is 44.2 Å². The Morgan fingerprint density at radius 1 is 1.12 bits per heavy atom. The van der Waals surface area contributed by atoms with Gasteiger partial charge in [-0.15, -0.1) is 0 Å². The Hall–Kier alpha value is -0.860. The molecule has 0 fully saturated rings. The van der Waals surface area contributed by atoms with Gasteiger partial charge >= 0.3 is 0 Å². The number of hydrogen-bond acceptors (Lipinski definition) is 2. The summed E-state index contributed by atoms with van der Waals surface area (Å²) in [5.74, 6) is 0. The number of rotatable bonds is 8. The maximum absolute atomic E-state index is 8.68. The largest absolute Gasteiger partial charge is 0.396 e. The van der Waals surface area contributed by atoms with E-state index in [4.69, 9.17) is 5.11 Å². The van der Waals surface area contributed by atoms with Crippen molar-refractivity contribution in [2.24, 2.45) is 0 Å². The van der Waals surface area contributed by atoms with Crippen LogP contribution in [0.3, 0.4) is 0 Å². The first-order chi connectivity index (χ1) is 7.88. The van der Waals surface area contributed by atoms with Gasteiger partial charge in [-0.05, 0) is 37.8 Å². The molecular formula is C14H23NO. The quantitative estimate of drug-likeness (QED) is 0.662. The summed E-state index contributed by atoms with van der Waals surface area (Å²) in [6.45, 7) is 3.56. The summed E-state index contributed by atoms with van der Waals surface area (Å²) >= 11 is 0. The molecule has 1 unspecified atom stereocenters. The van der Waals surface area contributed by atoms with Crippen LogP contribution in [0.25, 0.3) is 0 Å². The number of aliphatic hydroxyl groups excluding tert-OH is 1. The Bertz CT molecular complexity index is 261. The van der Waals surface area contributed by atoms with Crippen LogP contribution in [0.5, 0.6) is 0 Å². The minimum Gasteiger partial charge on any atom is -0.396 e. The second kappa shape index (κ2) is 8.31. The van der Waals surface area contributed by atoms with Crippen LogP contribution in [0.2, 0.25) is 0 Å². The molecule has 2 N–H and O–H groups in total. The third-order valence-corrected chi connectivity index (χ3v) is 2.84. The number of unbranched alkanes of at least 4 members (excludes halogenated alkanes) is 2. The van der Waals surface area contributed by atoms with E-state index < -0.39 is 0 Å². The fourth-order valence-electron chi connectivity index (χ4n) is 1.87. The highest BCUT2D eigenvalue weighted by molar-refractivity contribution is 5.18. The van der Waals surface area contributed by atoms with Gasteiger partial charge in [-0.1, -0.05) is 37.3 Å². The lowest BCUT2D eigenvalue weighted by Gasteiger charge is -2.17. The molecule has 90 valence electrons. The van der Waals surface area contributed by atoms with Crippen molar-refractivity contribution in [3.05, 3.63) is 35.9 Å². The van der Waals surface area contributed by atoms with Gasteiger partial charge in [0.05, 0.1) is 0 Å². The molecule has 0 aromatic heterocycles. The maximum Gasteiger partial charge on any atom is 0.0431 e. The summed E-state index contributed by atoms with van der Waals surface area (Å²) in [6.07, 6.45) is 4.28. The van der Waals surface area contributed by atoms with E-state index in [9.17, 15) is 0 Å². The molecule has 0 bridgehead atoms. The average molecular weight is 221 g/mol. The highest BCUT2D eigenvalue weighted by Gasteiger charge is 2.06. The van der Waals surface area contributed by atoms with Gasteiger partial charge in [0, 0.05) is 12.6 Å². The molecule has 0 radical (unpaired) electrons. The predicted octanol–water partition coefficient (Wildman–Crippen LogP) is 2.89. The van der Waals surface area contributed by atoms with E-state index in [1.807, 2.05) is 0 Å². The lowest BCUT2D eigenvalue weighted by atomic mass is 10.0. The average Bonchev–Trinajstić information content (AvgIpc) is 2.35. The van der Waals surface area contributed by atoms with Gasteiger partial charge < -0.3 is 10.4 Å². The second-order valence-corrected chi connectivity index (χ2v) is 4.11. The van der Waals surface area contributed by atoms with Gasteiger partial charge in [-0.3, -0.25) is 0 Å². The molecule has 0 spiro atoms. The third kappa shape index (κ3) is 4.77.